The molecule has 1 heterocycles. The molecule has 0 aliphatic heterocycles. The van der Waals surface area contributed by atoms with Gasteiger partial charge in [0, 0.05) is 31.1 Å². The van der Waals surface area contributed by atoms with Gasteiger partial charge in [-0.25, -0.2) is 4.79 Å². The topological polar surface area (TPSA) is 83.7 Å². The number of ether oxygens (including phenoxy) is 2. The third-order valence-electron chi connectivity index (χ3n) is 6.27. The van der Waals surface area contributed by atoms with Crippen LogP contribution in [-0.4, -0.2) is 55.2 Å². The Hall–Kier alpha value is -2.64. The van der Waals surface area contributed by atoms with Gasteiger partial charge in [0.05, 0.1) is 12.2 Å². The summed E-state index contributed by atoms with van der Waals surface area (Å²) < 4.78 is 10.2. The van der Waals surface area contributed by atoms with Gasteiger partial charge >= 0.3 is 5.97 Å². The largest absolute Gasteiger partial charge is 0.460 e. The van der Waals surface area contributed by atoms with Gasteiger partial charge in [-0.3, -0.25) is 9.69 Å². The molecule has 2 N–H and O–H groups in total. The Morgan fingerprint density at radius 2 is 1.84 bits per heavy atom. The van der Waals surface area contributed by atoms with Crippen molar-refractivity contribution >= 4 is 17.6 Å². The van der Waals surface area contributed by atoms with E-state index in [1.165, 1.54) is 32.1 Å². The van der Waals surface area contributed by atoms with E-state index >= 15 is 0 Å². The summed E-state index contributed by atoms with van der Waals surface area (Å²) in [5.41, 5.74) is 3.83. The molecule has 1 aromatic heterocycles. The van der Waals surface area contributed by atoms with E-state index in [2.05, 4.69) is 28.3 Å². The highest BCUT2D eigenvalue weighted by atomic mass is 16.6. The maximum Gasteiger partial charge on any atom is 0.340 e. The molecule has 174 valence electrons. The summed E-state index contributed by atoms with van der Waals surface area (Å²) in [6.07, 6.45) is 6.36. The zero-order valence-electron chi connectivity index (χ0n) is 19.6. The van der Waals surface area contributed by atoms with Gasteiger partial charge in [0.1, 0.15) is 12.3 Å². The molecule has 1 aliphatic carbocycles. The van der Waals surface area contributed by atoms with Crippen LogP contribution in [0.1, 0.15) is 69.8 Å². The molecule has 32 heavy (non-hydrogen) atoms. The number of hydrogen-bond donors (Lipinski definition) is 2. The van der Waals surface area contributed by atoms with E-state index in [0.717, 1.165) is 17.8 Å². The summed E-state index contributed by atoms with van der Waals surface area (Å²) in [5.74, 6) is -0.726. The third-order valence-corrected chi connectivity index (χ3v) is 6.27. The van der Waals surface area contributed by atoms with Crippen molar-refractivity contribution in [1.29, 1.82) is 0 Å². The predicted molar refractivity (Wildman–Crippen MR) is 125 cm³/mol. The number of amides is 1. The molecule has 1 saturated carbocycles. The predicted octanol–water partition coefficient (Wildman–Crippen LogP) is 4.45. The molecule has 1 aromatic carbocycles. The molecule has 2 aromatic rings. The number of nitrogens with one attached hydrogen (secondary N) is 2. The highest BCUT2D eigenvalue weighted by molar-refractivity contribution is 6.07. The number of aryl methyl sites for hydroxylation is 1. The second kappa shape index (κ2) is 11.3. The van der Waals surface area contributed by atoms with E-state index in [0.29, 0.717) is 35.2 Å². The van der Waals surface area contributed by atoms with Crippen molar-refractivity contribution in [3.05, 3.63) is 52.3 Å². The average molecular weight is 442 g/mol. The second-order valence-corrected chi connectivity index (χ2v) is 8.57. The van der Waals surface area contributed by atoms with E-state index in [9.17, 15) is 9.59 Å². The minimum atomic E-state index is -0.457. The van der Waals surface area contributed by atoms with Crippen molar-refractivity contribution in [1.82, 2.24) is 9.88 Å². The molecule has 7 heteroatoms. The lowest BCUT2D eigenvalue weighted by Crippen LogP contribution is -2.33. The van der Waals surface area contributed by atoms with Crippen molar-refractivity contribution in [3.8, 4) is 0 Å². The van der Waals surface area contributed by atoms with Crippen molar-refractivity contribution in [2.45, 2.75) is 58.5 Å². The molecule has 0 spiro atoms. The Bertz CT molecular complexity index is 931. The Balaban J connectivity index is 1.72. The van der Waals surface area contributed by atoms with Gasteiger partial charge in [-0.05, 0) is 50.9 Å². The fourth-order valence-electron chi connectivity index (χ4n) is 4.46. The summed E-state index contributed by atoms with van der Waals surface area (Å²) in [6.45, 7) is 4.80. The van der Waals surface area contributed by atoms with Crippen LogP contribution < -0.4 is 5.32 Å². The molecule has 0 atom stereocenters. The first-order chi connectivity index (χ1) is 15.4. The minimum absolute atomic E-state index is 0.169. The highest BCUT2D eigenvalue weighted by Gasteiger charge is 2.24. The lowest BCUT2D eigenvalue weighted by atomic mass is 9.94. The molecular weight excluding hydrogens is 406 g/mol. The minimum Gasteiger partial charge on any atom is -0.460 e. The number of methoxy groups -OCH3 is 1. The number of aromatic nitrogens is 1. The summed E-state index contributed by atoms with van der Waals surface area (Å²) in [7, 11) is 3.71. The average Bonchev–Trinajstić information content (AvgIpc) is 3.09. The maximum absolute atomic E-state index is 13.1. The van der Waals surface area contributed by atoms with Crippen LogP contribution in [0.25, 0.3) is 0 Å². The number of para-hydroxylation sites is 1. The van der Waals surface area contributed by atoms with Gasteiger partial charge in [-0.2, -0.15) is 0 Å². The number of rotatable bonds is 9. The molecule has 1 amide bonds. The van der Waals surface area contributed by atoms with Crippen molar-refractivity contribution < 1.29 is 19.1 Å². The second-order valence-electron chi connectivity index (χ2n) is 8.57. The zero-order chi connectivity index (χ0) is 23.1. The molecule has 7 nitrogen and oxygen atoms in total. The molecule has 0 saturated heterocycles. The molecule has 1 fully saturated rings. The smallest absolute Gasteiger partial charge is 0.340 e. The van der Waals surface area contributed by atoms with Crippen LogP contribution in [0.5, 0.6) is 0 Å². The molecule has 0 unspecified atom stereocenters. The first-order valence-corrected chi connectivity index (χ1v) is 11.4. The number of aromatic amines is 1. The monoisotopic (exact) mass is 441 g/mol. The first kappa shape index (κ1) is 24.0. The number of H-pyrrole nitrogens is 1. The van der Waals surface area contributed by atoms with E-state index in [1.807, 2.05) is 18.2 Å². The van der Waals surface area contributed by atoms with Gasteiger partial charge in [0.15, 0.2) is 0 Å². The quantitative estimate of drug-likeness (QED) is 0.444. The summed E-state index contributed by atoms with van der Waals surface area (Å²) in [4.78, 5) is 31.0. The standard InChI is InChI=1S/C25H35N3O4/c1-17-22(25(30)32-15-14-31-4)18(2)26-23(17)24(29)27-21-13-9-8-10-19(21)16-28(3)20-11-6-5-7-12-20/h8-10,13,20,26H,5-7,11-12,14-16H2,1-4H3,(H,27,29). The summed E-state index contributed by atoms with van der Waals surface area (Å²) in [5, 5.41) is 3.04. The molecule has 0 bridgehead atoms. The van der Waals surface area contributed by atoms with Crippen LogP contribution in [0.2, 0.25) is 0 Å². The van der Waals surface area contributed by atoms with E-state index < -0.39 is 5.97 Å². The van der Waals surface area contributed by atoms with E-state index in [4.69, 9.17) is 9.47 Å². The van der Waals surface area contributed by atoms with E-state index in [-0.39, 0.29) is 12.5 Å². The fraction of sp³-hybridized carbons (Fsp3) is 0.520. The van der Waals surface area contributed by atoms with Gasteiger partial charge in [-0.15, -0.1) is 0 Å². The Kier molecular flexibility index (Phi) is 8.47. The maximum atomic E-state index is 13.1. The number of carbonyl (C=O) groups excluding carboxylic acids is 2. The highest BCUT2D eigenvalue weighted by Crippen LogP contribution is 2.26. The Morgan fingerprint density at radius 1 is 1.12 bits per heavy atom. The zero-order valence-corrected chi connectivity index (χ0v) is 19.6. The normalized spacial score (nSPS) is 14.5. The van der Waals surface area contributed by atoms with E-state index in [1.54, 1.807) is 21.0 Å². The third kappa shape index (κ3) is 5.78. The molecule has 0 radical (unpaired) electrons. The van der Waals surface area contributed by atoms with Gasteiger partial charge in [-0.1, -0.05) is 37.5 Å². The van der Waals surface area contributed by atoms with Crippen LogP contribution in [0.15, 0.2) is 24.3 Å². The lowest BCUT2D eigenvalue weighted by molar-refractivity contribution is 0.0387. The number of benzene rings is 1. The van der Waals surface area contributed by atoms with Gasteiger partial charge in [0.25, 0.3) is 5.91 Å². The fourth-order valence-corrected chi connectivity index (χ4v) is 4.46. The Morgan fingerprint density at radius 3 is 2.56 bits per heavy atom. The van der Waals surface area contributed by atoms with Gasteiger partial charge in [0.2, 0.25) is 0 Å². The van der Waals surface area contributed by atoms with Crippen LogP contribution >= 0.6 is 0 Å². The molecule has 1 aliphatic rings. The first-order valence-electron chi connectivity index (χ1n) is 11.4. The van der Waals surface area contributed by atoms with Gasteiger partial charge < -0.3 is 19.8 Å². The van der Waals surface area contributed by atoms with Crippen LogP contribution in [0, 0.1) is 13.8 Å². The number of carbonyl (C=O) groups is 2. The SMILES string of the molecule is COCCOC(=O)c1c(C)[nH]c(C(=O)Nc2ccccc2CN(C)C2CCCCC2)c1C. The number of anilines is 1. The molecular formula is C25H35N3O4. The van der Waals surface area contributed by atoms with Crippen LogP contribution in [0.3, 0.4) is 0 Å². The molecule has 3 rings (SSSR count). The lowest BCUT2D eigenvalue weighted by Gasteiger charge is -2.31. The van der Waals surface area contributed by atoms with Crippen LogP contribution in [0.4, 0.5) is 5.69 Å². The van der Waals surface area contributed by atoms with Crippen molar-refractivity contribution in [2.75, 3.05) is 32.7 Å². The number of esters is 1. The van der Waals surface area contributed by atoms with Crippen LogP contribution in [-0.2, 0) is 16.0 Å². The summed E-state index contributed by atoms with van der Waals surface area (Å²) in [6, 6.07) is 8.49. The Labute approximate surface area is 190 Å². The van der Waals surface area contributed by atoms with Crippen molar-refractivity contribution in [3.63, 3.8) is 0 Å². The van der Waals surface area contributed by atoms with Crippen molar-refractivity contribution in [2.24, 2.45) is 0 Å². The number of hydrogen-bond acceptors (Lipinski definition) is 5. The summed E-state index contributed by atoms with van der Waals surface area (Å²) >= 11 is 0. The number of nitrogens with zero attached hydrogens (tertiary/aromatic N) is 1.